The predicted octanol–water partition coefficient (Wildman–Crippen LogP) is 2.05. The maximum atomic E-state index is 13.2. The van der Waals surface area contributed by atoms with E-state index in [0.29, 0.717) is 41.9 Å². The van der Waals surface area contributed by atoms with E-state index in [9.17, 15) is 24.3 Å². The number of aromatic amines is 1. The van der Waals surface area contributed by atoms with Gasteiger partial charge in [0.1, 0.15) is 11.7 Å². The number of nitrogens with two attached hydrogens (primary N) is 1. The summed E-state index contributed by atoms with van der Waals surface area (Å²) >= 11 is 6.52. The van der Waals surface area contributed by atoms with E-state index in [1.165, 1.54) is 18.1 Å². The molecule has 1 aromatic carbocycles. The van der Waals surface area contributed by atoms with E-state index in [1.807, 2.05) is 0 Å². The molecule has 11 heteroatoms. The van der Waals surface area contributed by atoms with Gasteiger partial charge in [0, 0.05) is 17.8 Å². The summed E-state index contributed by atoms with van der Waals surface area (Å²) in [7, 11) is 1.23. The number of ether oxygens (including phenoxy) is 1. The van der Waals surface area contributed by atoms with Crippen LogP contribution in [0.3, 0.4) is 0 Å². The average molecular weight is 491 g/mol. The highest BCUT2D eigenvalue weighted by atomic mass is 35.5. The van der Waals surface area contributed by atoms with Crippen molar-refractivity contribution in [1.82, 2.24) is 10.3 Å². The summed E-state index contributed by atoms with van der Waals surface area (Å²) in [5.41, 5.74) is 6.84. The topological polar surface area (TPSA) is 155 Å². The fraction of sp³-hybridized carbons (Fsp3) is 0.478. The Hall–Kier alpha value is -3.11. The molecule has 1 saturated carbocycles. The first-order valence-corrected chi connectivity index (χ1v) is 11.6. The number of methoxy groups -OCH3 is 1. The molecule has 0 bridgehead atoms. The Bertz CT molecular complexity index is 1140. The van der Waals surface area contributed by atoms with Gasteiger partial charge in [0.25, 0.3) is 0 Å². The van der Waals surface area contributed by atoms with Gasteiger partial charge in [0.15, 0.2) is 0 Å². The number of carboxylic acids is 1. The van der Waals surface area contributed by atoms with Crippen LogP contribution in [0.4, 0.5) is 5.69 Å². The number of H-pyrrole nitrogens is 1. The largest absolute Gasteiger partial charge is 0.477 e. The number of carboxylic acid groups (broad SMARTS) is 1. The van der Waals surface area contributed by atoms with E-state index < -0.39 is 35.8 Å². The molecule has 3 atom stereocenters. The molecule has 2 fully saturated rings. The van der Waals surface area contributed by atoms with Gasteiger partial charge in [-0.25, -0.2) is 9.59 Å². The number of hydrogen-bond acceptors (Lipinski definition) is 6. The number of aromatic nitrogens is 1. The molecule has 2 heterocycles. The number of halogens is 1. The number of carbonyl (C=O) groups excluding carboxylic acids is 3. The molecule has 1 saturated heterocycles. The third-order valence-electron chi connectivity index (χ3n) is 6.49. The standard InChI is InChI=1S/C23H27ClN4O6/c1-34-23(33)16(27-20(29)14(25)8-11-2-3-11)10-13-6-7-28(21(13)30)17-5-4-12-9-15(22(31)32)26-19(12)18(17)24/h4-5,9,11,13-14,16,26H,2-3,6-8,10,25H2,1H3,(H,27,29)(H,31,32)/t13-,14-,16-/m0/s1. The Morgan fingerprint density at radius 1 is 1.29 bits per heavy atom. The minimum Gasteiger partial charge on any atom is -0.477 e. The van der Waals surface area contributed by atoms with Crippen molar-refractivity contribution < 1.29 is 29.0 Å². The number of aromatic carboxylic acids is 1. The van der Waals surface area contributed by atoms with Gasteiger partial charge in [-0.05, 0) is 37.3 Å². The molecule has 0 unspecified atom stereocenters. The lowest BCUT2D eigenvalue weighted by molar-refractivity contribution is -0.146. The van der Waals surface area contributed by atoms with Gasteiger partial charge in [0.2, 0.25) is 11.8 Å². The van der Waals surface area contributed by atoms with Crippen LogP contribution in [-0.4, -0.2) is 59.6 Å². The summed E-state index contributed by atoms with van der Waals surface area (Å²) in [5.74, 6) is -2.50. The zero-order valence-corrected chi connectivity index (χ0v) is 19.4. The normalized spacial score (nSPS) is 19.8. The molecule has 0 radical (unpaired) electrons. The van der Waals surface area contributed by atoms with Crippen LogP contribution in [0, 0.1) is 11.8 Å². The minimum absolute atomic E-state index is 0.00349. The molecule has 182 valence electrons. The van der Waals surface area contributed by atoms with Crippen LogP contribution < -0.4 is 16.0 Å². The number of rotatable bonds is 9. The van der Waals surface area contributed by atoms with E-state index in [2.05, 4.69) is 10.3 Å². The maximum Gasteiger partial charge on any atom is 0.352 e. The van der Waals surface area contributed by atoms with Crippen molar-refractivity contribution in [1.29, 1.82) is 0 Å². The van der Waals surface area contributed by atoms with Gasteiger partial charge < -0.3 is 30.8 Å². The van der Waals surface area contributed by atoms with Gasteiger partial charge >= 0.3 is 11.9 Å². The van der Waals surface area contributed by atoms with Crippen LogP contribution >= 0.6 is 11.6 Å². The summed E-state index contributed by atoms with van der Waals surface area (Å²) in [6.07, 6.45) is 3.22. The SMILES string of the molecule is COC(=O)[C@H](C[C@@H]1CCN(c2ccc3cc(C(=O)O)[nH]c3c2Cl)C1=O)NC(=O)[C@@H](N)CC1CC1. The second kappa shape index (κ2) is 9.63. The van der Waals surface area contributed by atoms with E-state index >= 15 is 0 Å². The molecule has 1 aliphatic heterocycles. The molecular weight excluding hydrogens is 464 g/mol. The van der Waals surface area contributed by atoms with Crippen LogP contribution in [0.2, 0.25) is 5.02 Å². The summed E-state index contributed by atoms with van der Waals surface area (Å²) in [5, 5.41) is 12.7. The quantitative estimate of drug-likeness (QED) is 0.392. The van der Waals surface area contributed by atoms with Gasteiger partial charge in [-0.15, -0.1) is 0 Å². The molecule has 10 nitrogen and oxygen atoms in total. The fourth-order valence-corrected chi connectivity index (χ4v) is 4.73. The first-order valence-electron chi connectivity index (χ1n) is 11.2. The molecule has 1 aliphatic carbocycles. The van der Waals surface area contributed by atoms with Crippen molar-refractivity contribution in [2.75, 3.05) is 18.6 Å². The first-order chi connectivity index (χ1) is 16.2. The number of carbonyl (C=O) groups is 4. The number of benzene rings is 1. The Morgan fingerprint density at radius 2 is 2.03 bits per heavy atom. The lowest BCUT2D eigenvalue weighted by Crippen LogP contribution is -2.50. The second-order valence-electron chi connectivity index (χ2n) is 8.93. The average Bonchev–Trinajstić information content (AvgIpc) is 3.39. The number of nitrogens with one attached hydrogen (secondary N) is 2. The smallest absolute Gasteiger partial charge is 0.352 e. The molecule has 0 spiro atoms. The highest BCUT2D eigenvalue weighted by Crippen LogP contribution is 2.37. The Morgan fingerprint density at radius 3 is 2.68 bits per heavy atom. The Balaban J connectivity index is 1.48. The Labute approximate surface area is 200 Å². The van der Waals surface area contributed by atoms with Gasteiger partial charge in [-0.3, -0.25) is 9.59 Å². The molecule has 5 N–H and O–H groups in total. The second-order valence-corrected chi connectivity index (χ2v) is 9.31. The molecule has 2 amide bonds. The molecule has 2 aliphatic rings. The molecule has 1 aromatic heterocycles. The highest BCUT2D eigenvalue weighted by molar-refractivity contribution is 6.38. The number of amides is 2. The van der Waals surface area contributed by atoms with Crippen molar-refractivity contribution in [3.05, 3.63) is 28.9 Å². The van der Waals surface area contributed by atoms with Crippen molar-refractivity contribution in [2.24, 2.45) is 17.6 Å². The van der Waals surface area contributed by atoms with Crippen LogP contribution in [0.25, 0.3) is 10.9 Å². The molecular formula is C23H27ClN4O6. The number of fused-ring (bicyclic) bond motifs is 1. The third-order valence-corrected chi connectivity index (χ3v) is 6.88. The number of esters is 1. The van der Waals surface area contributed by atoms with Crippen molar-refractivity contribution in [3.63, 3.8) is 0 Å². The van der Waals surface area contributed by atoms with E-state index in [-0.39, 0.29) is 23.0 Å². The van der Waals surface area contributed by atoms with Crippen molar-refractivity contribution in [2.45, 2.75) is 44.2 Å². The van der Waals surface area contributed by atoms with Crippen LogP contribution in [0.1, 0.15) is 42.6 Å². The third kappa shape index (κ3) is 4.88. The first kappa shape index (κ1) is 24.0. The summed E-state index contributed by atoms with van der Waals surface area (Å²) in [6, 6.07) is 3.13. The summed E-state index contributed by atoms with van der Waals surface area (Å²) in [6.45, 7) is 0.365. The van der Waals surface area contributed by atoms with Gasteiger partial charge in [-0.2, -0.15) is 0 Å². The molecule has 4 rings (SSSR count). The van der Waals surface area contributed by atoms with Crippen LogP contribution in [0.15, 0.2) is 18.2 Å². The lowest BCUT2D eigenvalue weighted by atomic mass is 9.97. The van der Waals surface area contributed by atoms with Gasteiger partial charge in [0.05, 0.1) is 29.4 Å². The summed E-state index contributed by atoms with van der Waals surface area (Å²) in [4.78, 5) is 53.6. The van der Waals surface area contributed by atoms with Crippen molar-refractivity contribution in [3.8, 4) is 0 Å². The number of hydrogen-bond donors (Lipinski definition) is 4. The number of nitrogens with zero attached hydrogens (tertiary/aromatic N) is 1. The zero-order valence-electron chi connectivity index (χ0n) is 18.7. The van der Waals surface area contributed by atoms with E-state index in [4.69, 9.17) is 22.1 Å². The lowest BCUT2D eigenvalue weighted by Gasteiger charge is -2.22. The van der Waals surface area contributed by atoms with Crippen LogP contribution in [0.5, 0.6) is 0 Å². The zero-order chi connectivity index (χ0) is 24.6. The minimum atomic E-state index is -1.11. The molecule has 34 heavy (non-hydrogen) atoms. The monoisotopic (exact) mass is 490 g/mol. The Kier molecular flexibility index (Phi) is 6.81. The fourth-order valence-electron chi connectivity index (χ4n) is 4.41. The van der Waals surface area contributed by atoms with Gasteiger partial charge in [-0.1, -0.05) is 30.5 Å². The summed E-state index contributed by atoms with van der Waals surface area (Å²) < 4.78 is 4.84. The van der Waals surface area contributed by atoms with E-state index in [1.54, 1.807) is 12.1 Å². The number of anilines is 1. The van der Waals surface area contributed by atoms with E-state index in [0.717, 1.165) is 12.8 Å². The highest BCUT2D eigenvalue weighted by Gasteiger charge is 2.38. The molecule has 2 aromatic rings. The van der Waals surface area contributed by atoms with Crippen LogP contribution in [-0.2, 0) is 19.1 Å². The van der Waals surface area contributed by atoms with Crippen molar-refractivity contribution >= 4 is 51.9 Å². The predicted molar refractivity (Wildman–Crippen MR) is 125 cm³/mol. The maximum absolute atomic E-state index is 13.2.